The van der Waals surface area contributed by atoms with Crippen LogP contribution in [0.2, 0.25) is 0 Å². The Morgan fingerprint density at radius 2 is 1.65 bits per heavy atom. The van der Waals surface area contributed by atoms with Gasteiger partial charge in [0.15, 0.2) is 0 Å². The van der Waals surface area contributed by atoms with Gasteiger partial charge >= 0.3 is 0 Å². The van der Waals surface area contributed by atoms with Gasteiger partial charge in [-0.15, -0.1) is 0 Å². The summed E-state index contributed by atoms with van der Waals surface area (Å²) in [5.41, 5.74) is 1.04. The zero-order chi connectivity index (χ0) is 14.5. The molecule has 4 nitrogen and oxygen atoms in total. The first-order chi connectivity index (χ1) is 9.61. The summed E-state index contributed by atoms with van der Waals surface area (Å²) in [5, 5.41) is 0. The molecule has 2 amide bonds. The maximum absolute atomic E-state index is 12.1. The van der Waals surface area contributed by atoms with E-state index in [9.17, 15) is 9.59 Å². The van der Waals surface area contributed by atoms with Crippen molar-refractivity contribution >= 4 is 11.8 Å². The number of rotatable bonds is 7. The molecule has 108 valence electrons. The van der Waals surface area contributed by atoms with Crippen molar-refractivity contribution in [2.45, 2.75) is 26.7 Å². The van der Waals surface area contributed by atoms with Crippen LogP contribution in [0.3, 0.4) is 0 Å². The summed E-state index contributed by atoms with van der Waals surface area (Å²) in [5.74, 6) is 0.189. The van der Waals surface area contributed by atoms with Crippen LogP contribution in [0.1, 0.15) is 47.4 Å². The van der Waals surface area contributed by atoms with Crippen molar-refractivity contribution < 1.29 is 14.3 Å². The summed E-state index contributed by atoms with van der Waals surface area (Å²) >= 11 is 0. The number of ether oxygens (including phenoxy) is 1. The highest BCUT2D eigenvalue weighted by atomic mass is 16.5. The van der Waals surface area contributed by atoms with Gasteiger partial charge in [-0.05, 0) is 30.9 Å². The molecule has 1 aromatic rings. The van der Waals surface area contributed by atoms with Crippen LogP contribution in [0.5, 0.6) is 0 Å². The highest BCUT2D eigenvalue weighted by Gasteiger charge is 2.34. The zero-order valence-electron chi connectivity index (χ0n) is 12.1. The predicted octanol–water partition coefficient (Wildman–Crippen LogP) is 2.74. The standard InChI is InChI=1S/C16H21NO3/c1-12(2)11-20-10-6-5-9-17-15(18)13-7-3-4-8-14(13)16(17)19/h3-4,7-8,12H,5-6,9-11H2,1-2H3. The number of amides is 2. The molecule has 1 aromatic carbocycles. The smallest absolute Gasteiger partial charge is 0.261 e. The quantitative estimate of drug-likeness (QED) is 0.568. The summed E-state index contributed by atoms with van der Waals surface area (Å²) in [6.45, 7) is 6.13. The minimum atomic E-state index is -0.173. The third-order valence-electron chi connectivity index (χ3n) is 3.25. The molecule has 1 aliphatic rings. The first-order valence-electron chi connectivity index (χ1n) is 7.14. The maximum atomic E-state index is 12.1. The van der Waals surface area contributed by atoms with Crippen LogP contribution >= 0.6 is 0 Å². The zero-order valence-corrected chi connectivity index (χ0v) is 12.1. The number of carbonyl (C=O) groups excluding carboxylic acids is 2. The van der Waals surface area contributed by atoms with Crippen LogP contribution in [0.4, 0.5) is 0 Å². The van der Waals surface area contributed by atoms with E-state index in [0.29, 0.717) is 30.2 Å². The number of hydrogen-bond acceptors (Lipinski definition) is 3. The molecule has 0 N–H and O–H groups in total. The maximum Gasteiger partial charge on any atom is 0.261 e. The van der Waals surface area contributed by atoms with Gasteiger partial charge in [0.2, 0.25) is 0 Å². The Balaban J connectivity index is 1.78. The fourth-order valence-corrected chi connectivity index (χ4v) is 2.24. The first-order valence-corrected chi connectivity index (χ1v) is 7.14. The molecule has 0 radical (unpaired) electrons. The van der Waals surface area contributed by atoms with Crippen molar-refractivity contribution in [2.75, 3.05) is 19.8 Å². The second-order valence-electron chi connectivity index (χ2n) is 5.48. The highest BCUT2D eigenvalue weighted by Crippen LogP contribution is 2.22. The molecule has 0 aliphatic carbocycles. The average molecular weight is 275 g/mol. The van der Waals surface area contributed by atoms with Crippen LogP contribution in [-0.2, 0) is 4.74 Å². The average Bonchev–Trinajstić information content (AvgIpc) is 2.67. The molecule has 0 bridgehead atoms. The van der Waals surface area contributed by atoms with Crippen molar-refractivity contribution in [3.63, 3.8) is 0 Å². The summed E-state index contributed by atoms with van der Waals surface area (Å²) < 4.78 is 5.49. The van der Waals surface area contributed by atoms with Gasteiger partial charge in [0, 0.05) is 19.8 Å². The van der Waals surface area contributed by atoms with Crippen molar-refractivity contribution in [3.05, 3.63) is 35.4 Å². The number of imide groups is 1. The number of carbonyl (C=O) groups is 2. The summed E-state index contributed by atoms with van der Waals surface area (Å²) in [7, 11) is 0. The van der Waals surface area contributed by atoms with Gasteiger partial charge in [-0.25, -0.2) is 0 Å². The molecule has 0 fully saturated rings. The van der Waals surface area contributed by atoms with E-state index in [1.54, 1.807) is 24.3 Å². The summed E-state index contributed by atoms with van der Waals surface area (Å²) in [6.07, 6.45) is 1.64. The van der Waals surface area contributed by atoms with E-state index in [-0.39, 0.29) is 11.8 Å². The van der Waals surface area contributed by atoms with Gasteiger partial charge in [0.05, 0.1) is 11.1 Å². The lowest BCUT2D eigenvalue weighted by Gasteiger charge is -2.13. The van der Waals surface area contributed by atoms with Gasteiger partial charge in [-0.2, -0.15) is 0 Å². The Labute approximate surface area is 119 Å². The number of unbranched alkanes of at least 4 members (excludes halogenated alkanes) is 1. The van der Waals surface area contributed by atoms with Gasteiger partial charge in [-0.3, -0.25) is 14.5 Å². The number of benzene rings is 1. The number of hydrogen-bond donors (Lipinski definition) is 0. The molecule has 20 heavy (non-hydrogen) atoms. The molecular weight excluding hydrogens is 254 g/mol. The van der Waals surface area contributed by atoms with E-state index in [1.165, 1.54) is 4.90 Å². The second-order valence-corrected chi connectivity index (χ2v) is 5.48. The molecule has 2 rings (SSSR count). The van der Waals surface area contributed by atoms with E-state index < -0.39 is 0 Å². The van der Waals surface area contributed by atoms with Crippen LogP contribution in [0, 0.1) is 5.92 Å². The van der Waals surface area contributed by atoms with Gasteiger partial charge in [0.25, 0.3) is 11.8 Å². The molecular formula is C16H21NO3. The number of fused-ring (bicyclic) bond motifs is 1. The molecule has 0 saturated heterocycles. The number of nitrogens with zero attached hydrogens (tertiary/aromatic N) is 1. The summed E-state index contributed by atoms with van der Waals surface area (Å²) in [6, 6.07) is 6.99. The predicted molar refractivity (Wildman–Crippen MR) is 76.7 cm³/mol. The monoisotopic (exact) mass is 275 g/mol. The molecule has 0 atom stereocenters. The minimum absolute atomic E-state index is 0.173. The lowest BCUT2D eigenvalue weighted by atomic mass is 10.1. The van der Waals surface area contributed by atoms with Gasteiger partial charge < -0.3 is 4.74 Å². The largest absolute Gasteiger partial charge is 0.381 e. The van der Waals surface area contributed by atoms with E-state index in [4.69, 9.17) is 4.74 Å². The van der Waals surface area contributed by atoms with E-state index in [0.717, 1.165) is 19.4 Å². The third kappa shape index (κ3) is 3.25. The molecule has 0 saturated carbocycles. The lowest BCUT2D eigenvalue weighted by Crippen LogP contribution is -2.30. The Morgan fingerprint density at radius 1 is 1.05 bits per heavy atom. The van der Waals surface area contributed by atoms with Crippen molar-refractivity contribution in [3.8, 4) is 0 Å². The first kappa shape index (κ1) is 14.7. The molecule has 0 unspecified atom stereocenters. The third-order valence-corrected chi connectivity index (χ3v) is 3.25. The van der Waals surface area contributed by atoms with E-state index in [2.05, 4.69) is 13.8 Å². The Morgan fingerprint density at radius 3 is 2.20 bits per heavy atom. The topological polar surface area (TPSA) is 46.6 Å². The van der Waals surface area contributed by atoms with Gasteiger partial charge in [-0.1, -0.05) is 26.0 Å². The van der Waals surface area contributed by atoms with Gasteiger partial charge in [0.1, 0.15) is 0 Å². The highest BCUT2D eigenvalue weighted by molar-refractivity contribution is 6.21. The van der Waals surface area contributed by atoms with Crippen LogP contribution in [0.25, 0.3) is 0 Å². The van der Waals surface area contributed by atoms with Crippen LogP contribution < -0.4 is 0 Å². The molecule has 4 heteroatoms. The molecule has 1 heterocycles. The van der Waals surface area contributed by atoms with E-state index in [1.807, 2.05) is 0 Å². The normalized spacial score (nSPS) is 14.2. The second kappa shape index (κ2) is 6.66. The molecule has 0 spiro atoms. The fraction of sp³-hybridized carbons (Fsp3) is 0.500. The van der Waals surface area contributed by atoms with Crippen molar-refractivity contribution in [2.24, 2.45) is 5.92 Å². The van der Waals surface area contributed by atoms with Crippen molar-refractivity contribution in [1.29, 1.82) is 0 Å². The molecule has 1 aliphatic heterocycles. The van der Waals surface area contributed by atoms with Crippen LogP contribution in [0.15, 0.2) is 24.3 Å². The SMILES string of the molecule is CC(C)COCCCCN1C(=O)c2ccccc2C1=O. The van der Waals surface area contributed by atoms with Crippen LogP contribution in [-0.4, -0.2) is 36.5 Å². The Bertz CT molecular complexity index is 461. The lowest BCUT2D eigenvalue weighted by molar-refractivity contribution is 0.0639. The van der Waals surface area contributed by atoms with Crippen molar-refractivity contribution in [1.82, 2.24) is 4.90 Å². The minimum Gasteiger partial charge on any atom is -0.381 e. The Hall–Kier alpha value is -1.68. The summed E-state index contributed by atoms with van der Waals surface area (Å²) in [4.78, 5) is 25.5. The van der Waals surface area contributed by atoms with E-state index >= 15 is 0 Å². The Kier molecular flexibility index (Phi) is 4.90. The fourth-order valence-electron chi connectivity index (χ4n) is 2.24. The molecule has 0 aromatic heterocycles.